The number of nitrogens with one attached hydrogen (secondary N) is 1. The quantitative estimate of drug-likeness (QED) is 0.731. The average Bonchev–Trinajstić information content (AvgIpc) is 2.97. The number of amides is 1. The van der Waals surface area contributed by atoms with E-state index in [1.165, 1.54) is 17.3 Å². The molecule has 1 amide bonds. The number of thioether (sulfide) groups is 1. The van der Waals surface area contributed by atoms with Crippen molar-refractivity contribution in [2.75, 3.05) is 11.1 Å². The summed E-state index contributed by atoms with van der Waals surface area (Å²) in [7, 11) is 0. The summed E-state index contributed by atoms with van der Waals surface area (Å²) >= 11 is 1.44. The van der Waals surface area contributed by atoms with E-state index in [1.54, 1.807) is 0 Å². The lowest BCUT2D eigenvalue weighted by molar-refractivity contribution is -0.113. The molecule has 2 aromatic rings. The van der Waals surface area contributed by atoms with Crippen molar-refractivity contribution in [3.8, 4) is 0 Å². The van der Waals surface area contributed by atoms with Gasteiger partial charge >= 0.3 is 0 Å². The first-order chi connectivity index (χ1) is 11.5. The number of nitrogens with zero attached hydrogens (tertiary/aromatic N) is 3. The molecule has 2 rings (SSSR count). The van der Waals surface area contributed by atoms with Gasteiger partial charge in [-0.3, -0.25) is 4.79 Å². The second-order valence-electron chi connectivity index (χ2n) is 6.03. The fourth-order valence-corrected chi connectivity index (χ4v) is 3.19. The summed E-state index contributed by atoms with van der Waals surface area (Å²) in [6.45, 7) is 9.34. The highest BCUT2D eigenvalue weighted by Crippen LogP contribution is 2.22. The zero-order valence-corrected chi connectivity index (χ0v) is 15.7. The van der Waals surface area contributed by atoms with Gasteiger partial charge < -0.3 is 9.88 Å². The maximum absolute atomic E-state index is 12.2. The van der Waals surface area contributed by atoms with Gasteiger partial charge in [0.2, 0.25) is 5.91 Å². The van der Waals surface area contributed by atoms with Crippen LogP contribution in [0.25, 0.3) is 0 Å². The first-order valence-corrected chi connectivity index (χ1v) is 9.48. The van der Waals surface area contributed by atoms with Gasteiger partial charge in [-0.1, -0.05) is 51.6 Å². The predicted octanol–water partition coefficient (Wildman–Crippen LogP) is 4.10. The van der Waals surface area contributed by atoms with Crippen LogP contribution in [-0.4, -0.2) is 26.4 Å². The lowest BCUT2D eigenvalue weighted by Gasteiger charge is -2.10. The molecule has 0 saturated heterocycles. The van der Waals surface area contributed by atoms with Crippen LogP contribution in [0.5, 0.6) is 0 Å². The Bertz CT molecular complexity index is 664. The Hall–Kier alpha value is -1.82. The van der Waals surface area contributed by atoms with Crippen molar-refractivity contribution >= 4 is 23.4 Å². The van der Waals surface area contributed by atoms with Crippen LogP contribution in [0.3, 0.4) is 0 Å². The summed E-state index contributed by atoms with van der Waals surface area (Å²) in [4.78, 5) is 12.2. The van der Waals surface area contributed by atoms with Gasteiger partial charge in [-0.2, -0.15) is 0 Å². The molecule has 0 atom stereocenters. The Morgan fingerprint density at radius 1 is 1.21 bits per heavy atom. The number of hydrogen-bond donors (Lipinski definition) is 1. The van der Waals surface area contributed by atoms with Gasteiger partial charge in [0.15, 0.2) is 5.16 Å². The predicted molar refractivity (Wildman–Crippen MR) is 99.6 cm³/mol. The van der Waals surface area contributed by atoms with E-state index in [9.17, 15) is 4.79 Å². The second-order valence-corrected chi connectivity index (χ2v) is 6.98. The number of anilines is 1. The number of carbonyl (C=O) groups is 1. The molecule has 0 unspecified atom stereocenters. The van der Waals surface area contributed by atoms with E-state index in [1.807, 2.05) is 24.3 Å². The van der Waals surface area contributed by atoms with Gasteiger partial charge in [0.25, 0.3) is 0 Å². The highest BCUT2D eigenvalue weighted by Gasteiger charge is 2.15. The van der Waals surface area contributed by atoms with E-state index < -0.39 is 0 Å². The lowest BCUT2D eigenvalue weighted by atomic mass is 10.1. The summed E-state index contributed by atoms with van der Waals surface area (Å²) in [6.07, 6.45) is 2.01. The SMILES string of the molecule is CCCn1c(SCC(=O)Nc2ccc(CC)cc2)nnc1C(C)C. The Labute approximate surface area is 148 Å². The zero-order chi connectivity index (χ0) is 17.5. The van der Waals surface area contributed by atoms with Crippen molar-refractivity contribution < 1.29 is 4.79 Å². The van der Waals surface area contributed by atoms with E-state index in [4.69, 9.17) is 0 Å². The largest absolute Gasteiger partial charge is 0.325 e. The fourth-order valence-electron chi connectivity index (χ4n) is 2.42. The molecule has 0 fully saturated rings. The summed E-state index contributed by atoms with van der Waals surface area (Å²) in [5.74, 6) is 1.61. The molecule has 24 heavy (non-hydrogen) atoms. The smallest absolute Gasteiger partial charge is 0.234 e. The first-order valence-electron chi connectivity index (χ1n) is 8.49. The average molecular weight is 347 g/mol. The number of hydrogen-bond acceptors (Lipinski definition) is 4. The minimum Gasteiger partial charge on any atom is -0.325 e. The van der Waals surface area contributed by atoms with Crippen molar-refractivity contribution in [3.63, 3.8) is 0 Å². The Morgan fingerprint density at radius 3 is 2.50 bits per heavy atom. The van der Waals surface area contributed by atoms with Crippen molar-refractivity contribution in [1.82, 2.24) is 14.8 Å². The number of rotatable bonds is 8. The second kappa shape index (κ2) is 8.87. The molecular formula is C18H26N4OS. The topological polar surface area (TPSA) is 59.8 Å². The third-order valence-electron chi connectivity index (χ3n) is 3.69. The molecule has 0 bridgehead atoms. The third-order valence-corrected chi connectivity index (χ3v) is 4.65. The van der Waals surface area contributed by atoms with Gasteiger partial charge in [0, 0.05) is 18.2 Å². The Morgan fingerprint density at radius 2 is 1.92 bits per heavy atom. The maximum atomic E-state index is 12.2. The molecule has 130 valence electrons. The summed E-state index contributed by atoms with van der Waals surface area (Å²) in [5, 5.41) is 12.3. The van der Waals surface area contributed by atoms with Crippen molar-refractivity contribution in [1.29, 1.82) is 0 Å². The van der Waals surface area contributed by atoms with Gasteiger partial charge in [0.1, 0.15) is 5.82 Å². The highest BCUT2D eigenvalue weighted by atomic mass is 32.2. The molecule has 0 aliphatic rings. The van der Waals surface area contributed by atoms with E-state index >= 15 is 0 Å². The molecule has 0 aliphatic heterocycles. The third kappa shape index (κ3) is 4.84. The van der Waals surface area contributed by atoms with Gasteiger partial charge in [-0.15, -0.1) is 10.2 Å². The molecule has 6 heteroatoms. The number of aryl methyl sites for hydroxylation is 1. The number of carbonyl (C=O) groups excluding carboxylic acids is 1. The molecule has 1 heterocycles. The van der Waals surface area contributed by atoms with Crippen molar-refractivity contribution in [3.05, 3.63) is 35.7 Å². The van der Waals surface area contributed by atoms with Crippen LogP contribution in [0.15, 0.2) is 29.4 Å². The van der Waals surface area contributed by atoms with E-state index in [0.717, 1.165) is 36.1 Å². The minimum atomic E-state index is -0.0265. The molecule has 1 N–H and O–H groups in total. The van der Waals surface area contributed by atoms with Crippen molar-refractivity contribution in [2.45, 2.75) is 58.2 Å². The molecule has 0 aliphatic carbocycles. The Kier molecular flexibility index (Phi) is 6.85. The summed E-state index contributed by atoms with van der Waals surface area (Å²) < 4.78 is 2.12. The first kappa shape index (κ1) is 18.5. The Balaban J connectivity index is 1.95. The monoisotopic (exact) mass is 346 g/mol. The summed E-state index contributed by atoms with van der Waals surface area (Å²) in [6, 6.07) is 7.96. The molecule has 0 spiro atoms. The molecule has 5 nitrogen and oxygen atoms in total. The van der Waals surface area contributed by atoms with Crippen LogP contribution in [0, 0.1) is 0 Å². The minimum absolute atomic E-state index is 0.0265. The van der Waals surface area contributed by atoms with Gasteiger partial charge in [-0.05, 0) is 30.5 Å². The van der Waals surface area contributed by atoms with E-state index in [-0.39, 0.29) is 5.91 Å². The van der Waals surface area contributed by atoms with Crippen LogP contribution in [0.1, 0.15) is 51.4 Å². The van der Waals surface area contributed by atoms with Crippen LogP contribution in [0.4, 0.5) is 5.69 Å². The fraction of sp³-hybridized carbons (Fsp3) is 0.500. The van der Waals surface area contributed by atoms with Gasteiger partial charge in [-0.25, -0.2) is 0 Å². The molecule has 1 aromatic carbocycles. The standard InChI is InChI=1S/C18H26N4OS/c1-5-11-22-17(13(3)4)20-21-18(22)24-12-16(23)19-15-9-7-14(6-2)8-10-15/h7-10,13H,5-6,11-12H2,1-4H3,(H,19,23). The van der Waals surface area contributed by atoms with Gasteiger partial charge in [0.05, 0.1) is 5.75 Å². The lowest BCUT2D eigenvalue weighted by Crippen LogP contribution is -2.15. The van der Waals surface area contributed by atoms with Crippen molar-refractivity contribution in [2.24, 2.45) is 0 Å². The maximum Gasteiger partial charge on any atom is 0.234 e. The molecule has 1 aromatic heterocycles. The summed E-state index contributed by atoms with van der Waals surface area (Å²) in [5.41, 5.74) is 2.09. The zero-order valence-electron chi connectivity index (χ0n) is 14.9. The van der Waals surface area contributed by atoms with Crippen LogP contribution >= 0.6 is 11.8 Å². The number of aromatic nitrogens is 3. The highest BCUT2D eigenvalue weighted by molar-refractivity contribution is 7.99. The molecule has 0 radical (unpaired) electrons. The van der Waals surface area contributed by atoms with Crippen LogP contribution in [0.2, 0.25) is 0 Å². The van der Waals surface area contributed by atoms with E-state index in [0.29, 0.717) is 11.7 Å². The van der Waals surface area contributed by atoms with Crippen LogP contribution < -0.4 is 5.32 Å². The van der Waals surface area contributed by atoms with Crippen LogP contribution in [-0.2, 0) is 17.8 Å². The van der Waals surface area contributed by atoms with E-state index in [2.05, 4.69) is 47.8 Å². The normalized spacial score (nSPS) is 11.0. The molecule has 0 saturated carbocycles. The molecular weight excluding hydrogens is 320 g/mol. The number of benzene rings is 1.